The molecule has 0 heterocycles. The number of halogens is 11. The number of benzene rings is 4. The van der Waals surface area contributed by atoms with Crippen molar-refractivity contribution in [1.29, 1.82) is 0 Å². The summed E-state index contributed by atoms with van der Waals surface area (Å²) in [6.45, 7) is 13.0. The second-order valence-corrected chi connectivity index (χ2v) is 60.7. The molecule has 7 rings (SSSR count). The molecule has 13 heteroatoms. The number of hydrogen-bond acceptors (Lipinski definition) is 0. The Bertz CT molecular complexity index is 2310. The van der Waals surface area contributed by atoms with Gasteiger partial charge in [0.15, 0.2) is 0 Å². The van der Waals surface area contributed by atoms with Crippen LogP contribution in [-0.2, 0) is 26.4 Å². The van der Waals surface area contributed by atoms with E-state index in [0.717, 1.165) is 71.2 Å². The quantitative estimate of drug-likeness (QED) is 0.122. The Balaban J connectivity index is 1.39. The van der Waals surface area contributed by atoms with Crippen molar-refractivity contribution in [3.05, 3.63) is 129 Å². The zero-order valence-corrected chi connectivity index (χ0v) is 39.4. The minimum absolute atomic E-state index is 0.0119. The van der Waals surface area contributed by atoms with E-state index >= 15 is 0 Å². The van der Waals surface area contributed by atoms with Gasteiger partial charge in [-0.2, -0.15) is 0 Å². The van der Waals surface area contributed by atoms with Gasteiger partial charge < -0.3 is 0 Å². The molecule has 3 aliphatic carbocycles. The predicted molar refractivity (Wildman–Crippen MR) is 227 cm³/mol. The normalized spacial score (nSPS) is 19.9. The van der Waals surface area contributed by atoms with E-state index in [2.05, 4.69) is 82.4 Å². The maximum absolute atomic E-state index is 14.0. The zero-order valence-electron chi connectivity index (χ0n) is 34.2. The van der Waals surface area contributed by atoms with Gasteiger partial charge in [0.2, 0.25) is 0 Å². The molecule has 60 heavy (non-hydrogen) atoms. The first-order valence-corrected chi connectivity index (χ1v) is 36.8. The first-order valence-electron chi connectivity index (χ1n) is 20.5. The predicted octanol–water partition coefficient (Wildman–Crippen LogP) is 16.4. The van der Waals surface area contributed by atoms with E-state index in [4.69, 9.17) is 17.0 Å². The molecule has 4 aromatic rings. The number of fused-ring (bicyclic) bond motifs is 2. The van der Waals surface area contributed by atoms with Crippen LogP contribution in [-0.4, -0.2) is 24.5 Å². The van der Waals surface area contributed by atoms with Crippen molar-refractivity contribution < 1.29 is 55.1 Å². The van der Waals surface area contributed by atoms with Crippen LogP contribution in [0.5, 0.6) is 0 Å². The van der Waals surface area contributed by atoms with Crippen LogP contribution in [0.15, 0.2) is 96.1 Å². The van der Waals surface area contributed by atoms with Gasteiger partial charge in [0.25, 0.3) is 0 Å². The monoisotopic (exact) mass is 971 g/mol. The van der Waals surface area contributed by atoms with Gasteiger partial charge in [-0.25, -0.2) is 0 Å². The van der Waals surface area contributed by atoms with Crippen LogP contribution in [0.1, 0.15) is 100 Å². The van der Waals surface area contributed by atoms with Crippen LogP contribution >= 0.6 is 17.0 Å². The summed E-state index contributed by atoms with van der Waals surface area (Å²) in [5, 5.41) is 0. The van der Waals surface area contributed by atoms with Gasteiger partial charge in [0, 0.05) is 0 Å². The molecule has 4 aromatic carbocycles. The summed E-state index contributed by atoms with van der Waals surface area (Å²) < 4.78 is 126. The average Bonchev–Trinajstić information content (AvgIpc) is 3.91. The third-order valence-corrected chi connectivity index (χ3v) is 65.4. The van der Waals surface area contributed by atoms with E-state index in [1.54, 1.807) is 12.1 Å². The number of alkyl halides is 9. The second kappa shape index (κ2) is 15.3. The molecule has 3 aliphatic rings. The molecular weight excluding hydrogens is 926 g/mol. The molecule has 321 valence electrons. The van der Waals surface area contributed by atoms with Crippen LogP contribution in [0.3, 0.4) is 0 Å². The molecule has 0 nitrogen and oxygen atoms in total. The number of allylic oxidation sites excluding steroid dienone is 2. The molecule has 0 aromatic heterocycles. The average molecular weight is 974 g/mol. The van der Waals surface area contributed by atoms with E-state index in [-0.39, 0.29) is 30.4 Å². The van der Waals surface area contributed by atoms with Gasteiger partial charge in [0.1, 0.15) is 0 Å². The van der Waals surface area contributed by atoms with Crippen molar-refractivity contribution in [2.24, 2.45) is 5.92 Å². The van der Waals surface area contributed by atoms with Crippen LogP contribution in [0, 0.1) is 5.92 Å². The maximum atomic E-state index is 14.0. The van der Waals surface area contributed by atoms with Crippen molar-refractivity contribution >= 4 is 35.1 Å². The van der Waals surface area contributed by atoms with Gasteiger partial charge in [-0.3, -0.25) is 0 Å². The molecule has 0 bridgehead atoms. The molecule has 1 saturated carbocycles. The first kappa shape index (κ1) is 45.4. The van der Waals surface area contributed by atoms with Crippen molar-refractivity contribution in [2.75, 3.05) is 0 Å². The van der Waals surface area contributed by atoms with Crippen molar-refractivity contribution in [2.45, 2.75) is 110 Å². The van der Waals surface area contributed by atoms with Gasteiger partial charge >= 0.3 is 357 Å². The van der Waals surface area contributed by atoms with E-state index in [0.29, 0.717) is 23.5 Å². The van der Waals surface area contributed by atoms with Gasteiger partial charge in [0.05, 0.1) is 0 Å². The van der Waals surface area contributed by atoms with Crippen molar-refractivity contribution in [3.8, 4) is 22.3 Å². The van der Waals surface area contributed by atoms with Crippen LogP contribution in [0.2, 0.25) is 13.1 Å². The fourth-order valence-electron chi connectivity index (χ4n) is 10.4. The first-order chi connectivity index (χ1) is 27.8. The van der Waals surface area contributed by atoms with Crippen LogP contribution < -0.4 is 0 Å². The zero-order chi connectivity index (χ0) is 44.0. The summed E-state index contributed by atoms with van der Waals surface area (Å²) in [7, 11) is 17.3. The fourth-order valence-corrected chi connectivity index (χ4v) is 41.8. The van der Waals surface area contributed by atoms with E-state index < -0.39 is 51.0 Å². The van der Waals surface area contributed by atoms with E-state index in [1.165, 1.54) is 11.1 Å². The second-order valence-electron chi connectivity index (χ2n) is 18.2. The standard InChI is InChI=1S/C24H27.C21H14F9.C2H7Si.2ClH.Zr/c1-24(2,3)21-13-11-18(12-14-21)22-10-6-9-19-15-20(16-23(19)22)17-7-4-5-8-17;1-2-12-10-14-4-3-5-16(17(14)11-12)13-6-8-15(9-7-13)18(19(22,23)24,20(25,26)27)21(28,29)30;1-3-2;;;/h6,9-17H,4-5,7-8H2,1-3H3;3-11H,2H2,1H3;3H,1-2H3;2*1H;/q;;;;;+2/p-2. The Labute approximate surface area is 355 Å². The van der Waals surface area contributed by atoms with Crippen LogP contribution in [0.25, 0.3) is 34.4 Å². The molecule has 0 saturated heterocycles. The molecule has 0 aliphatic heterocycles. The van der Waals surface area contributed by atoms with E-state index in [9.17, 15) is 39.5 Å². The van der Waals surface area contributed by atoms with E-state index in [1.807, 2.05) is 19.1 Å². The number of rotatable bonds is 8. The molecule has 0 N–H and O–H groups in total. The summed E-state index contributed by atoms with van der Waals surface area (Å²) >= 11 is -5.34. The fraction of sp³-hybridized carbons (Fsp3) is 0.404. The molecule has 0 radical (unpaired) electrons. The Morgan fingerprint density at radius 1 is 0.600 bits per heavy atom. The summed E-state index contributed by atoms with van der Waals surface area (Å²) in [5.74, 6) is -1.71. The Kier molecular flexibility index (Phi) is 11.6. The molecule has 0 spiro atoms. The Hall–Kier alpha value is -2.59. The molecule has 1 fully saturated rings. The molecule has 0 amide bonds. The topological polar surface area (TPSA) is 0 Å². The summed E-state index contributed by atoms with van der Waals surface area (Å²) in [4.78, 5) is 0. The third kappa shape index (κ3) is 6.97. The van der Waals surface area contributed by atoms with Crippen molar-refractivity contribution in [1.82, 2.24) is 0 Å². The summed E-state index contributed by atoms with van der Waals surface area (Å²) in [5.41, 5.74) is 2.10. The Morgan fingerprint density at radius 3 is 1.45 bits per heavy atom. The van der Waals surface area contributed by atoms with Gasteiger partial charge in [-0.1, -0.05) is 0 Å². The van der Waals surface area contributed by atoms with Crippen LogP contribution in [0.4, 0.5) is 39.5 Å². The van der Waals surface area contributed by atoms with Gasteiger partial charge in [-0.05, 0) is 0 Å². The molecule has 2 atom stereocenters. The molecule has 2 unspecified atom stereocenters. The van der Waals surface area contributed by atoms with Gasteiger partial charge in [-0.15, -0.1) is 0 Å². The third-order valence-electron chi connectivity index (χ3n) is 13.7. The number of hydrogen-bond donors (Lipinski definition) is 0. The van der Waals surface area contributed by atoms with Crippen molar-refractivity contribution in [3.63, 3.8) is 0 Å². The minimum atomic E-state index is -6.71. The molecular formula is C47H48Cl2F9SiZr. The SMILES string of the molecule is CCC1=Cc2c(-c3ccc(C(C(F)(F)F)(C(F)(F)F)C(F)(F)F)cc3)cccc2[CH]1[Zr]([Cl])([Cl])([CH]1C(C2CCCC2)=Cc2c(-c3ccc(C(C)(C)C)cc3)cccc21)[SiH](C)C. The summed E-state index contributed by atoms with van der Waals surface area (Å²) in [6, 6.07) is 22.9. The Morgan fingerprint density at radius 2 is 1.03 bits per heavy atom. The summed E-state index contributed by atoms with van der Waals surface area (Å²) in [6.07, 6.45) is -10.9.